The molecule has 1 N–H and O–H groups in total. The van der Waals surface area contributed by atoms with E-state index >= 15 is 0 Å². The molecule has 0 amide bonds. The predicted octanol–water partition coefficient (Wildman–Crippen LogP) is 3.22. The molecule has 1 heteroatoms. The quantitative estimate of drug-likeness (QED) is 0.701. The van der Waals surface area contributed by atoms with Crippen molar-refractivity contribution >= 4 is 0 Å². The van der Waals surface area contributed by atoms with Crippen molar-refractivity contribution in [2.24, 2.45) is 29.1 Å². The lowest BCUT2D eigenvalue weighted by Crippen LogP contribution is -2.60. The SMILES string of the molecule is CC(C)C1[C@@H]2CC3CC(O)(C2)C[C@]1(C)C3. The fourth-order valence-corrected chi connectivity index (χ4v) is 5.93. The van der Waals surface area contributed by atoms with Crippen LogP contribution in [0.15, 0.2) is 0 Å². The lowest BCUT2D eigenvalue weighted by Gasteiger charge is -2.64. The van der Waals surface area contributed by atoms with Gasteiger partial charge in [-0.1, -0.05) is 20.8 Å². The maximum Gasteiger partial charge on any atom is 0.0658 e. The summed E-state index contributed by atoms with van der Waals surface area (Å²) in [7, 11) is 0. The van der Waals surface area contributed by atoms with E-state index in [2.05, 4.69) is 20.8 Å². The number of rotatable bonds is 1. The summed E-state index contributed by atoms with van der Waals surface area (Å²) < 4.78 is 0. The molecule has 0 aliphatic heterocycles. The molecule has 4 aliphatic carbocycles. The summed E-state index contributed by atoms with van der Waals surface area (Å²) in [5.74, 6) is 3.32. The van der Waals surface area contributed by atoms with Gasteiger partial charge in [0.25, 0.3) is 0 Å². The highest BCUT2D eigenvalue weighted by Crippen LogP contribution is 2.65. The van der Waals surface area contributed by atoms with Crippen LogP contribution in [0.25, 0.3) is 0 Å². The molecule has 86 valence electrons. The Hall–Kier alpha value is -0.0400. The van der Waals surface area contributed by atoms with Crippen LogP contribution in [0, 0.1) is 29.1 Å². The minimum absolute atomic E-state index is 0.272. The van der Waals surface area contributed by atoms with Gasteiger partial charge in [-0.3, -0.25) is 0 Å². The molecular formula is C14H24O. The largest absolute Gasteiger partial charge is 0.390 e. The lowest BCUT2D eigenvalue weighted by molar-refractivity contribution is -0.199. The molecular weight excluding hydrogens is 184 g/mol. The monoisotopic (exact) mass is 208 g/mol. The van der Waals surface area contributed by atoms with Crippen molar-refractivity contribution in [1.29, 1.82) is 0 Å². The summed E-state index contributed by atoms with van der Waals surface area (Å²) in [4.78, 5) is 0. The molecule has 0 heterocycles. The van der Waals surface area contributed by atoms with E-state index in [-0.39, 0.29) is 5.60 Å². The Morgan fingerprint density at radius 2 is 1.93 bits per heavy atom. The van der Waals surface area contributed by atoms with Gasteiger partial charge in [-0.25, -0.2) is 0 Å². The summed E-state index contributed by atoms with van der Waals surface area (Å²) in [5.41, 5.74) is 0.180. The summed E-state index contributed by atoms with van der Waals surface area (Å²) in [6, 6.07) is 0. The first-order chi connectivity index (χ1) is 6.92. The van der Waals surface area contributed by atoms with Gasteiger partial charge in [-0.2, -0.15) is 0 Å². The maximum atomic E-state index is 10.6. The molecule has 1 nitrogen and oxygen atoms in total. The molecule has 0 spiro atoms. The molecule has 15 heavy (non-hydrogen) atoms. The maximum absolute atomic E-state index is 10.6. The van der Waals surface area contributed by atoms with E-state index in [9.17, 15) is 5.11 Å². The van der Waals surface area contributed by atoms with Crippen molar-refractivity contribution in [3.63, 3.8) is 0 Å². The second kappa shape index (κ2) is 2.80. The summed E-state index contributed by atoms with van der Waals surface area (Å²) in [6.45, 7) is 7.20. The smallest absolute Gasteiger partial charge is 0.0658 e. The van der Waals surface area contributed by atoms with Crippen molar-refractivity contribution in [3.8, 4) is 0 Å². The first kappa shape index (κ1) is 10.1. The molecule has 4 bridgehead atoms. The van der Waals surface area contributed by atoms with Crippen LogP contribution < -0.4 is 0 Å². The minimum atomic E-state index is -0.272. The summed E-state index contributed by atoms with van der Waals surface area (Å²) in [6.07, 6.45) is 6.07. The van der Waals surface area contributed by atoms with E-state index < -0.39 is 0 Å². The number of hydrogen-bond acceptors (Lipinski definition) is 1. The highest BCUT2D eigenvalue weighted by atomic mass is 16.3. The third kappa shape index (κ3) is 1.32. The molecule has 0 saturated heterocycles. The summed E-state index contributed by atoms with van der Waals surface area (Å²) >= 11 is 0. The molecule has 0 aromatic heterocycles. The Kier molecular flexibility index (Phi) is 1.89. The Labute approximate surface area is 93.3 Å². The first-order valence-electron chi connectivity index (χ1n) is 6.64. The fraction of sp³-hybridized carbons (Fsp3) is 1.00. The highest BCUT2D eigenvalue weighted by molar-refractivity contribution is 5.10. The van der Waals surface area contributed by atoms with Crippen LogP contribution in [-0.2, 0) is 0 Å². The van der Waals surface area contributed by atoms with Crippen LogP contribution in [0.1, 0.15) is 52.9 Å². The topological polar surface area (TPSA) is 20.2 Å². The van der Waals surface area contributed by atoms with Gasteiger partial charge in [0.1, 0.15) is 0 Å². The Balaban J connectivity index is 1.97. The van der Waals surface area contributed by atoms with E-state index in [1.165, 1.54) is 12.8 Å². The normalized spacial score (nSPS) is 57.8. The Morgan fingerprint density at radius 1 is 1.20 bits per heavy atom. The average Bonchev–Trinajstić information content (AvgIpc) is 1.94. The molecule has 4 aliphatic rings. The molecule has 0 aromatic rings. The third-order valence-electron chi connectivity index (χ3n) is 5.47. The highest BCUT2D eigenvalue weighted by Gasteiger charge is 2.60. The molecule has 4 fully saturated rings. The molecule has 0 aromatic carbocycles. The standard InChI is InChI=1S/C14H24O/c1-9(2)12-11-4-10-5-13(12,3)8-14(15,6-10)7-11/h9-12,15H,4-8H2,1-3H3/t10?,11-,12?,13+,14?/m1/s1. The summed E-state index contributed by atoms with van der Waals surface area (Å²) in [5, 5.41) is 10.6. The van der Waals surface area contributed by atoms with E-state index in [4.69, 9.17) is 0 Å². The fourth-order valence-electron chi connectivity index (χ4n) is 5.93. The second-order valence-electron chi connectivity index (χ2n) is 7.30. The van der Waals surface area contributed by atoms with E-state index in [0.29, 0.717) is 5.41 Å². The van der Waals surface area contributed by atoms with Crippen LogP contribution in [-0.4, -0.2) is 10.7 Å². The van der Waals surface area contributed by atoms with Crippen LogP contribution >= 0.6 is 0 Å². The molecule has 0 radical (unpaired) electrons. The van der Waals surface area contributed by atoms with Crippen molar-refractivity contribution in [3.05, 3.63) is 0 Å². The van der Waals surface area contributed by atoms with Crippen LogP contribution in [0.5, 0.6) is 0 Å². The van der Waals surface area contributed by atoms with Gasteiger partial charge >= 0.3 is 0 Å². The van der Waals surface area contributed by atoms with Gasteiger partial charge in [-0.15, -0.1) is 0 Å². The van der Waals surface area contributed by atoms with Crippen molar-refractivity contribution in [2.45, 2.75) is 58.5 Å². The number of aliphatic hydroxyl groups is 1. The van der Waals surface area contributed by atoms with Gasteiger partial charge in [-0.05, 0) is 61.2 Å². The van der Waals surface area contributed by atoms with E-state index in [0.717, 1.165) is 42.9 Å². The van der Waals surface area contributed by atoms with Crippen LogP contribution in [0.4, 0.5) is 0 Å². The van der Waals surface area contributed by atoms with Gasteiger partial charge < -0.3 is 5.11 Å². The minimum Gasteiger partial charge on any atom is -0.390 e. The first-order valence-corrected chi connectivity index (χ1v) is 6.64. The van der Waals surface area contributed by atoms with Gasteiger partial charge in [0, 0.05) is 0 Å². The predicted molar refractivity (Wildman–Crippen MR) is 61.4 cm³/mol. The van der Waals surface area contributed by atoms with Crippen LogP contribution in [0.2, 0.25) is 0 Å². The van der Waals surface area contributed by atoms with Crippen molar-refractivity contribution < 1.29 is 5.11 Å². The zero-order chi connectivity index (χ0) is 10.8. The average molecular weight is 208 g/mol. The van der Waals surface area contributed by atoms with Crippen molar-refractivity contribution in [1.82, 2.24) is 0 Å². The molecule has 4 saturated carbocycles. The van der Waals surface area contributed by atoms with Gasteiger partial charge in [0.05, 0.1) is 5.60 Å². The van der Waals surface area contributed by atoms with Crippen LogP contribution in [0.3, 0.4) is 0 Å². The van der Waals surface area contributed by atoms with Gasteiger partial charge in [0.2, 0.25) is 0 Å². The Bertz CT molecular complexity index is 285. The molecule has 4 rings (SSSR count). The molecule has 3 unspecified atom stereocenters. The van der Waals surface area contributed by atoms with E-state index in [1.807, 2.05) is 0 Å². The zero-order valence-corrected chi connectivity index (χ0v) is 10.3. The second-order valence-corrected chi connectivity index (χ2v) is 7.30. The van der Waals surface area contributed by atoms with Gasteiger partial charge in [0.15, 0.2) is 0 Å². The van der Waals surface area contributed by atoms with Crippen molar-refractivity contribution in [2.75, 3.05) is 0 Å². The number of hydrogen-bond donors (Lipinski definition) is 1. The molecule has 5 atom stereocenters. The Morgan fingerprint density at radius 3 is 2.47 bits per heavy atom. The van der Waals surface area contributed by atoms with E-state index in [1.54, 1.807) is 0 Å². The zero-order valence-electron chi connectivity index (χ0n) is 10.3. The third-order valence-corrected chi connectivity index (χ3v) is 5.47. The lowest BCUT2D eigenvalue weighted by atomic mass is 9.42.